The molecule has 8 heteroatoms. The predicted octanol–water partition coefficient (Wildman–Crippen LogP) is 3.88. The van der Waals surface area contributed by atoms with Crippen LogP contribution in [0.5, 0.6) is 11.5 Å². The molecule has 5 nitrogen and oxygen atoms in total. The van der Waals surface area contributed by atoms with Gasteiger partial charge in [0.1, 0.15) is 12.4 Å². The predicted molar refractivity (Wildman–Crippen MR) is 106 cm³/mol. The van der Waals surface area contributed by atoms with Gasteiger partial charge in [0, 0.05) is 12.1 Å². The van der Waals surface area contributed by atoms with Crippen LogP contribution in [0.15, 0.2) is 41.5 Å². The van der Waals surface area contributed by atoms with Crippen LogP contribution < -0.4 is 20.2 Å². The molecule has 0 heterocycles. The molecule has 0 fully saturated rings. The van der Waals surface area contributed by atoms with Gasteiger partial charge in [-0.2, -0.15) is 5.10 Å². The Morgan fingerprint density at radius 2 is 2.12 bits per heavy atom. The van der Waals surface area contributed by atoms with E-state index in [1.165, 1.54) is 13.2 Å². The topological polar surface area (TPSA) is 54.9 Å². The van der Waals surface area contributed by atoms with Gasteiger partial charge in [0.2, 0.25) is 0 Å². The molecule has 0 bridgehead atoms. The fourth-order valence-corrected chi connectivity index (χ4v) is 2.56. The number of hydrazone groups is 1. The van der Waals surface area contributed by atoms with Gasteiger partial charge in [0.05, 0.1) is 18.3 Å². The van der Waals surface area contributed by atoms with Gasteiger partial charge >= 0.3 is 0 Å². The van der Waals surface area contributed by atoms with E-state index < -0.39 is 0 Å². The van der Waals surface area contributed by atoms with Gasteiger partial charge in [-0.3, -0.25) is 5.43 Å². The van der Waals surface area contributed by atoms with E-state index in [-0.39, 0.29) is 12.4 Å². The number of nitrogens with zero attached hydrogens (tertiary/aromatic N) is 1. The summed E-state index contributed by atoms with van der Waals surface area (Å²) >= 11 is 11.3. The van der Waals surface area contributed by atoms with E-state index in [4.69, 9.17) is 33.3 Å². The van der Waals surface area contributed by atoms with Crippen molar-refractivity contribution in [2.75, 3.05) is 13.7 Å². The monoisotopic (exact) mass is 395 g/mol. The number of thiocarbonyl (C=S) groups is 1. The smallest absolute Gasteiger partial charge is 0.186 e. The van der Waals surface area contributed by atoms with E-state index >= 15 is 0 Å². The highest BCUT2D eigenvalue weighted by Crippen LogP contribution is 2.36. The van der Waals surface area contributed by atoms with Crippen LogP contribution in [0.2, 0.25) is 5.02 Å². The average Bonchev–Trinajstić information content (AvgIpc) is 2.62. The first kappa shape index (κ1) is 19.9. The molecule has 0 spiro atoms. The number of halogens is 2. The highest BCUT2D eigenvalue weighted by Gasteiger charge is 2.13. The number of nitrogens with one attached hydrogen (secondary N) is 2. The maximum atomic E-state index is 13.7. The van der Waals surface area contributed by atoms with Crippen molar-refractivity contribution in [2.45, 2.75) is 13.5 Å². The van der Waals surface area contributed by atoms with Crippen molar-refractivity contribution >= 4 is 35.1 Å². The lowest BCUT2D eigenvalue weighted by atomic mass is 10.2. The fourth-order valence-electron chi connectivity index (χ4n) is 2.09. The number of benzene rings is 2. The zero-order valence-corrected chi connectivity index (χ0v) is 16.0. The number of rotatable bonds is 7. The van der Waals surface area contributed by atoms with Crippen molar-refractivity contribution in [3.05, 3.63) is 58.4 Å². The molecule has 0 aromatic heterocycles. The number of hydrogen-bond donors (Lipinski definition) is 2. The van der Waals surface area contributed by atoms with Crippen LogP contribution in [0, 0.1) is 5.82 Å². The van der Waals surface area contributed by atoms with Crippen LogP contribution in [0.4, 0.5) is 4.39 Å². The second kappa shape index (κ2) is 9.94. The maximum Gasteiger partial charge on any atom is 0.186 e. The third-order valence-electron chi connectivity index (χ3n) is 3.30. The Morgan fingerprint density at radius 3 is 2.81 bits per heavy atom. The summed E-state index contributed by atoms with van der Waals surface area (Å²) in [6, 6.07) is 9.77. The van der Waals surface area contributed by atoms with Gasteiger partial charge in [-0.25, -0.2) is 4.39 Å². The minimum atomic E-state index is -0.339. The fraction of sp³-hybridized carbons (Fsp3) is 0.222. The van der Waals surface area contributed by atoms with Crippen molar-refractivity contribution in [2.24, 2.45) is 5.10 Å². The second-order valence-electron chi connectivity index (χ2n) is 5.14. The summed E-state index contributed by atoms with van der Waals surface area (Å²) in [4.78, 5) is 0. The second-order valence-corrected chi connectivity index (χ2v) is 5.96. The van der Waals surface area contributed by atoms with E-state index in [9.17, 15) is 4.39 Å². The van der Waals surface area contributed by atoms with Crippen LogP contribution in [0.3, 0.4) is 0 Å². The van der Waals surface area contributed by atoms with Gasteiger partial charge in [-0.1, -0.05) is 29.8 Å². The third kappa shape index (κ3) is 5.57. The Kier molecular flexibility index (Phi) is 7.62. The molecule has 0 aliphatic carbocycles. The lowest BCUT2D eigenvalue weighted by Gasteiger charge is -2.13. The van der Waals surface area contributed by atoms with Crippen LogP contribution in [-0.2, 0) is 6.61 Å². The first-order valence-electron chi connectivity index (χ1n) is 7.85. The quantitative estimate of drug-likeness (QED) is 0.423. The van der Waals surface area contributed by atoms with Gasteiger partial charge < -0.3 is 14.8 Å². The Bertz CT molecular complexity index is 802. The zero-order valence-electron chi connectivity index (χ0n) is 14.4. The summed E-state index contributed by atoms with van der Waals surface area (Å²) in [6.45, 7) is 2.67. The molecular weight excluding hydrogens is 377 g/mol. The van der Waals surface area contributed by atoms with Crippen LogP contribution in [-0.4, -0.2) is 25.0 Å². The Labute approximate surface area is 162 Å². The van der Waals surface area contributed by atoms with Gasteiger partial charge in [-0.15, -0.1) is 0 Å². The first-order valence-corrected chi connectivity index (χ1v) is 8.64. The molecule has 0 saturated carbocycles. The molecule has 0 saturated heterocycles. The third-order valence-corrected chi connectivity index (χ3v) is 3.82. The minimum absolute atomic E-state index is 0.0364. The molecule has 2 aromatic rings. The maximum absolute atomic E-state index is 13.7. The molecular formula is C18H19ClFN3O2S. The van der Waals surface area contributed by atoms with Gasteiger partial charge in [-0.05, 0) is 42.9 Å². The van der Waals surface area contributed by atoms with Crippen molar-refractivity contribution < 1.29 is 13.9 Å². The summed E-state index contributed by atoms with van der Waals surface area (Å²) in [5, 5.41) is 7.70. The highest BCUT2D eigenvalue weighted by atomic mass is 35.5. The summed E-state index contributed by atoms with van der Waals surface area (Å²) < 4.78 is 24.7. The molecule has 138 valence electrons. The van der Waals surface area contributed by atoms with E-state index in [0.717, 1.165) is 0 Å². The molecule has 2 aromatic carbocycles. The number of methoxy groups -OCH3 is 1. The zero-order chi connectivity index (χ0) is 18.9. The summed E-state index contributed by atoms with van der Waals surface area (Å²) in [5.74, 6) is 0.421. The molecule has 26 heavy (non-hydrogen) atoms. The number of ether oxygens (including phenoxy) is 2. The SMILES string of the molecule is CCNC(=S)N/N=C\c1cc(Cl)c(OCc2ccccc2F)c(OC)c1. The molecule has 0 atom stereocenters. The van der Waals surface area contributed by atoms with Gasteiger partial charge in [0.25, 0.3) is 0 Å². The molecule has 0 radical (unpaired) electrons. The molecule has 0 amide bonds. The molecule has 2 N–H and O–H groups in total. The summed E-state index contributed by atoms with van der Waals surface area (Å²) in [6.07, 6.45) is 1.55. The molecule has 0 aliphatic rings. The highest BCUT2D eigenvalue weighted by molar-refractivity contribution is 7.80. The van der Waals surface area contributed by atoms with E-state index in [2.05, 4.69) is 15.8 Å². The average molecular weight is 396 g/mol. The van der Waals surface area contributed by atoms with Crippen molar-refractivity contribution in [1.29, 1.82) is 0 Å². The van der Waals surface area contributed by atoms with Crippen LogP contribution in [0.1, 0.15) is 18.1 Å². The van der Waals surface area contributed by atoms with E-state index in [0.29, 0.717) is 39.3 Å². The van der Waals surface area contributed by atoms with Crippen LogP contribution in [0.25, 0.3) is 0 Å². The molecule has 2 rings (SSSR count). The summed E-state index contributed by atoms with van der Waals surface area (Å²) in [7, 11) is 1.50. The largest absolute Gasteiger partial charge is 0.493 e. The normalized spacial score (nSPS) is 10.6. The minimum Gasteiger partial charge on any atom is -0.493 e. The van der Waals surface area contributed by atoms with E-state index in [1.807, 2.05) is 6.92 Å². The van der Waals surface area contributed by atoms with Crippen molar-refractivity contribution in [3.63, 3.8) is 0 Å². The van der Waals surface area contributed by atoms with E-state index in [1.54, 1.807) is 36.5 Å². The lowest BCUT2D eigenvalue weighted by Crippen LogP contribution is -2.31. The molecule has 0 unspecified atom stereocenters. The standard InChI is InChI=1S/C18H19ClFN3O2S/c1-3-21-18(26)23-22-10-12-8-14(19)17(16(9-12)24-2)25-11-13-6-4-5-7-15(13)20/h4-10H,3,11H2,1-2H3,(H2,21,23,26)/b22-10-. The Balaban J connectivity index is 2.12. The molecule has 0 aliphatic heterocycles. The first-order chi connectivity index (χ1) is 12.5. The van der Waals surface area contributed by atoms with Crippen molar-refractivity contribution in [1.82, 2.24) is 10.7 Å². The van der Waals surface area contributed by atoms with Crippen molar-refractivity contribution in [3.8, 4) is 11.5 Å². The summed E-state index contributed by atoms with van der Waals surface area (Å²) in [5.41, 5.74) is 3.81. The number of hydrogen-bond acceptors (Lipinski definition) is 4. The van der Waals surface area contributed by atoms with Gasteiger partial charge in [0.15, 0.2) is 16.6 Å². The Hall–Kier alpha value is -2.38. The Morgan fingerprint density at radius 1 is 1.35 bits per heavy atom. The van der Waals surface area contributed by atoms with Crippen LogP contribution >= 0.6 is 23.8 Å². The lowest BCUT2D eigenvalue weighted by molar-refractivity contribution is 0.280.